The van der Waals surface area contributed by atoms with Crippen molar-refractivity contribution in [3.63, 3.8) is 0 Å². The van der Waals surface area contributed by atoms with Crippen molar-refractivity contribution in [2.75, 3.05) is 18.0 Å². The lowest BCUT2D eigenvalue weighted by molar-refractivity contribution is -0.141. The van der Waals surface area contributed by atoms with E-state index in [0.29, 0.717) is 6.42 Å². The van der Waals surface area contributed by atoms with E-state index in [9.17, 15) is 4.79 Å². The molecule has 0 amide bonds. The van der Waals surface area contributed by atoms with Crippen LogP contribution < -0.4 is 4.90 Å². The Morgan fingerprint density at radius 2 is 2.11 bits per heavy atom. The van der Waals surface area contributed by atoms with Gasteiger partial charge in [-0.05, 0) is 37.0 Å². The van der Waals surface area contributed by atoms with E-state index in [1.807, 2.05) is 18.2 Å². The van der Waals surface area contributed by atoms with Gasteiger partial charge in [0.15, 0.2) is 0 Å². The number of hydrogen-bond acceptors (Lipinski definition) is 2. The van der Waals surface area contributed by atoms with Crippen molar-refractivity contribution in [2.45, 2.75) is 26.2 Å². The van der Waals surface area contributed by atoms with Gasteiger partial charge >= 0.3 is 5.97 Å². The highest BCUT2D eigenvalue weighted by atomic mass is 35.5. The van der Waals surface area contributed by atoms with E-state index in [1.165, 1.54) is 12.8 Å². The van der Waals surface area contributed by atoms with Gasteiger partial charge in [-0.15, -0.1) is 0 Å². The van der Waals surface area contributed by atoms with Crippen LogP contribution in [0.2, 0.25) is 5.02 Å². The monoisotopic (exact) mass is 267 g/mol. The lowest BCUT2D eigenvalue weighted by Gasteiger charge is -2.19. The number of benzene rings is 1. The van der Waals surface area contributed by atoms with Gasteiger partial charge in [-0.3, -0.25) is 4.79 Å². The van der Waals surface area contributed by atoms with Crippen molar-refractivity contribution in [3.8, 4) is 0 Å². The maximum atomic E-state index is 10.8. The van der Waals surface area contributed by atoms with Crippen LogP contribution in [0.5, 0.6) is 0 Å². The van der Waals surface area contributed by atoms with Gasteiger partial charge in [0.05, 0.1) is 16.6 Å². The number of nitrogens with zero attached hydrogens (tertiary/aromatic N) is 1. The number of aliphatic carboxylic acids is 1. The minimum atomic E-state index is -0.769. The molecule has 0 aromatic heterocycles. The Morgan fingerprint density at radius 1 is 1.44 bits per heavy atom. The lowest BCUT2D eigenvalue weighted by Crippen LogP contribution is -2.18. The fourth-order valence-corrected chi connectivity index (χ4v) is 2.66. The van der Waals surface area contributed by atoms with Gasteiger partial charge in [0.1, 0.15) is 0 Å². The van der Waals surface area contributed by atoms with Gasteiger partial charge in [-0.2, -0.15) is 0 Å². The first kappa shape index (κ1) is 13.2. The smallest absolute Gasteiger partial charge is 0.306 e. The molecule has 18 heavy (non-hydrogen) atoms. The van der Waals surface area contributed by atoms with Gasteiger partial charge in [0.2, 0.25) is 0 Å². The highest BCUT2D eigenvalue weighted by Gasteiger charge is 2.16. The number of carboxylic acid groups (broad SMARTS) is 1. The third-order valence-corrected chi connectivity index (χ3v) is 3.73. The molecule has 0 bridgehead atoms. The highest BCUT2D eigenvalue weighted by Crippen LogP contribution is 2.30. The molecule has 0 spiro atoms. The lowest BCUT2D eigenvalue weighted by atomic mass is 10.0. The van der Waals surface area contributed by atoms with Crippen LogP contribution in [0.3, 0.4) is 0 Å². The van der Waals surface area contributed by atoms with E-state index in [0.717, 1.165) is 29.4 Å². The third kappa shape index (κ3) is 2.96. The molecule has 1 fully saturated rings. The molecule has 98 valence electrons. The van der Waals surface area contributed by atoms with Crippen molar-refractivity contribution in [1.82, 2.24) is 0 Å². The molecule has 1 aliphatic heterocycles. The molecule has 2 rings (SSSR count). The van der Waals surface area contributed by atoms with E-state index in [1.54, 1.807) is 6.92 Å². The van der Waals surface area contributed by atoms with Crippen LogP contribution in [-0.2, 0) is 11.2 Å². The molecule has 3 nitrogen and oxygen atoms in total. The number of carboxylic acids is 1. The van der Waals surface area contributed by atoms with Crippen molar-refractivity contribution in [2.24, 2.45) is 5.92 Å². The summed E-state index contributed by atoms with van der Waals surface area (Å²) in [4.78, 5) is 13.1. The highest BCUT2D eigenvalue weighted by molar-refractivity contribution is 6.33. The molecule has 1 aromatic carbocycles. The number of halogens is 1. The molecule has 1 atom stereocenters. The Kier molecular flexibility index (Phi) is 4.12. The molecule has 0 aliphatic carbocycles. The molecule has 1 unspecified atom stereocenters. The molecule has 4 heteroatoms. The summed E-state index contributed by atoms with van der Waals surface area (Å²) in [6.45, 7) is 3.83. The molecule has 1 aromatic rings. The van der Waals surface area contributed by atoms with Crippen LogP contribution in [0.4, 0.5) is 5.69 Å². The summed E-state index contributed by atoms with van der Waals surface area (Å²) >= 11 is 6.28. The van der Waals surface area contributed by atoms with Gasteiger partial charge in [0.25, 0.3) is 0 Å². The van der Waals surface area contributed by atoms with E-state index in [2.05, 4.69) is 4.90 Å². The average Bonchev–Trinajstić information content (AvgIpc) is 2.82. The average molecular weight is 268 g/mol. The fourth-order valence-electron chi connectivity index (χ4n) is 2.33. The summed E-state index contributed by atoms with van der Waals surface area (Å²) in [6, 6.07) is 5.89. The predicted molar refractivity (Wildman–Crippen MR) is 73.4 cm³/mol. The first-order chi connectivity index (χ1) is 8.58. The second kappa shape index (κ2) is 5.61. The zero-order chi connectivity index (χ0) is 13.1. The van der Waals surface area contributed by atoms with E-state index in [-0.39, 0.29) is 5.92 Å². The fraction of sp³-hybridized carbons (Fsp3) is 0.500. The van der Waals surface area contributed by atoms with Crippen LogP contribution in [-0.4, -0.2) is 24.2 Å². The quantitative estimate of drug-likeness (QED) is 0.911. The maximum Gasteiger partial charge on any atom is 0.306 e. The second-order valence-corrected chi connectivity index (χ2v) is 5.33. The first-order valence-electron chi connectivity index (χ1n) is 6.34. The van der Waals surface area contributed by atoms with Gasteiger partial charge in [0, 0.05) is 13.1 Å². The standard InChI is InChI=1S/C14H18ClNO2/c1-10(14(17)18)8-11-4-5-13(12(15)9-11)16-6-2-3-7-16/h4-5,9-10H,2-3,6-8H2,1H3,(H,17,18). The minimum Gasteiger partial charge on any atom is -0.481 e. The Labute approximate surface area is 112 Å². The van der Waals surface area contributed by atoms with Gasteiger partial charge < -0.3 is 10.0 Å². The molecule has 1 aliphatic rings. The second-order valence-electron chi connectivity index (χ2n) is 4.92. The van der Waals surface area contributed by atoms with Crippen LogP contribution >= 0.6 is 11.6 Å². The van der Waals surface area contributed by atoms with Crippen molar-refractivity contribution in [1.29, 1.82) is 0 Å². The maximum absolute atomic E-state index is 10.8. The number of hydrogen-bond donors (Lipinski definition) is 1. The van der Waals surface area contributed by atoms with E-state index < -0.39 is 5.97 Å². The normalized spacial score (nSPS) is 16.9. The molecule has 1 saturated heterocycles. The van der Waals surface area contributed by atoms with Gasteiger partial charge in [-0.1, -0.05) is 24.6 Å². The minimum absolute atomic E-state index is 0.376. The Hall–Kier alpha value is -1.22. The van der Waals surface area contributed by atoms with Crippen LogP contribution in [0.25, 0.3) is 0 Å². The van der Waals surface area contributed by atoms with Crippen molar-refractivity contribution >= 4 is 23.3 Å². The SMILES string of the molecule is CC(Cc1ccc(N2CCCC2)c(Cl)c1)C(=O)O. The Balaban J connectivity index is 2.11. The number of carbonyl (C=O) groups is 1. The van der Waals surface area contributed by atoms with E-state index >= 15 is 0 Å². The summed E-state index contributed by atoms with van der Waals surface area (Å²) in [5, 5.41) is 9.63. The third-order valence-electron chi connectivity index (χ3n) is 3.42. The van der Waals surface area contributed by atoms with E-state index in [4.69, 9.17) is 16.7 Å². The topological polar surface area (TPSA) is 40.5 Å². The number of rotatable bonds is 4. The molecule has 1 N–H and O–H groups in total. The Morgan fingerprint density at radius 3 is 2.67 bits per heavy atom. The van der Waals surface area contributed by atoms with Crippen LogP contribution in [0.1, 0.15) is 25.3 Å². The molecule has 0 saturated carbocycles. The van der Waals surface area contributed by atoms with Crippen LogP contribution in [0, 0.1) is 5.92 Å². The Bertz CT molecular complexity index is 441. The van der Waals surface area contributed by atoms with Gasteiger partial charge in [-0.25, -0.2) is 0 Å². The first-order valence-corrected chi connectivity index (χ1v) is 6.72. The summed E-state index contributed by atoms with van der Waals surface area (Å²) in [6.07, 6.45) is 2.96. The molecular formula is C14H18ClNO2. The van der Waals surface area contributed by atoms with Crippen LogP contribution in [0.15, 0.2) is 18.2 Å². The molecule has 0 radical (unpaired) electrons. The largest absolute Gasteiger partial charge is 0.481 e. The zero-order valence-electron chi connectivity index (χ0n) is 10.5. The summed E-state index contributed by atoms with van der Waals surface area (Å²) < 4.78 is 0. The van der Waals surface area contributed by atoms with Crippen molar-refractivity contribution in [3.05, 3.63) is 28.8 Å². The zero-order valence-corrected chi connectivity index (χ0v) is 11.3. The summed E-state index contributed by atoms with van der Waals surface area (Å²) in [5.74, 6) is -1.14. The summed E-state index contributed by atoms with van der Waals surface area (Å²) in [7, 11) is 0. The molecule has 1 heterocycles. The number of anilines is 1. The van der Waals surface area contributed by atoms with Crippen molar-refractivity contribution < 1.29 is 9.90 Å². The predicted octanol–water partition coefficient (Wildman–Crippen LogP) is 3.20. The summed E-state index contributed by atoms with van der Waals surface area (Å²) in [5.41, 5.74) is 2.05. The molecular weight excluding hydrogens is 250 g/mol.